The van der Waals surface area contributed by atoms with Crippen LogP contribution in [0.15, 0.2) is 52.7 Å². The van der Waals surface area contributed by atoms with Crippen LogP contribution in [0.1, 0.15) is 18.1 Å². The highest BCUT2D eigenvalue weighted by atomic mass is 16.3. The number of phenolic OH excluding ortho intramolecular Hbond substituents is 1. The number of hydrogen-bond acceptors (Lipinski definition) is 3. The Morgan fingerprint density at radius 2 is 2.00 bits per heavy atom. The quantitative estimate of drug-likeness (QED) is 0.638. The SMILES string of the molecule is C#Cc1cccc(N=Nc2cc(CC)ccc2O)c1. The van der Waals surface area contributed by atoms with Crippen molar-refractivity contribution in [3.05, 3.63) is 53.6 Å². The maximum atomic E-state index is 9.72. The average molecular weight is 250 g/mol. The molecule has 0 heterocycles. The van der Waals surface area contributed by atoms with Gasteiger partial charge in [0.15, 0.2) is 0 Å². The van der Waals surface area contributed by atoms with Gasteiger partial charge in [-0.2, -0.15) is 5.11 Å². The molecule has 1 N–H and O–H groups in total. The smallest absolute Gasteiger partial charge is 0.143 e. The summed E-state index contributed by atoms with van der Waals surface area (Å²) < 4.78 is 0. The number of benzene rings is 2. The molecule has 0 amide bonds. The third kappa shape index (κ3) is 3.20. The highest BCUT2D eigenvalue weighted by molar-refractivity contribution is 5.53. The molecule has 0 aliphatic rings. The van der Waals surface area contributed by atoms with Crippen molar-refractivity contribution in [3.63, 3.8) is 0 Å². The second-order valence-electron chi connectivity index (χ2n) is 4.07. The Bertz CT molecular complexity index is 654. The molecule has 0 atom stereocenters. The lowest BCUT2D eigenvalue weighted by molar-refractivity contribution is 0.476. The number of hydrogen-bond donors (Lipinski definition) is 1. The summed E-state index contributed by atoms with van der Waals surface area (Å²) in [5, 5.41) is 17.9. The average Bonchev–Trinajstić information content (AvgIpc) is 2.46. The van der Waals surface area contributed by atoms with Crippen LogP contribution < -0.4 is 0 Å². The van der Waals surface area contributed by atoms with Crippen molar-refractivity contribution in [3.8, 4) is 18.1 Å². The summed E-state index contributed by atoms with van der Waals surface area (Å²) in [6.07, 6.45) is 6.21. The van der Waals surface area contributed by atoms with E-state index in [0.29, 0.717) is 11.4 Å². The van der Waals surface area contributed by atoms with Crippen LogP contribution in [0, 0.1) is 12.3 Å². The third-order valence-electron chi connectivity index (χ3n) is 2.73. The molecule has 0 aromatic heterocycles. The number of azo groups is 1. The lowest BCUT2D eigenvalue weighted by Crippen LogP contribution is -1.78. The van der Waals surface area contributed by atoms with Gasteiger partial charge in [-0.15, -0.1) is 11.5 Å². The summed E-state index contributed by atoms with van der Waals surface area (Å²) in [4.78, 5) is 0. The van der Waals surface area contributed by atoms with E-state index in [1.165, 1.54) is 0 Å². The van der Waals surface area contributed by atoms with E-state index < -0.39 is 0 Å². The monoisotopic (exact) mass is 250 g/mol. The minimum Gasteiger partial charge on any atom is -0.506 e. The van der Waals surface area contributed by atoms with E-state index in [9.17, 15) is 5.11 Å². The molecule has 0 aliphatic heterocycles. The van der Waals surface area contributed by atoms with Crippen molar-refractivity contribution in [1.82, 2.24) is 0 Å². The van der Waals surface area contributed by atoms with Crippen LogP contribution in [0.25, 0.3) is 0 Å². The Balaban J connectivity index is 2.29. The minimum atomic E-state index is 0.119. The Hall–Kier alpha value is -2.60. The molecule has 3 nitrogen and oxygen atoms in total. The summed E-state index contributed by atoms with van der Waals surface area (Å²) in [5.41, 5.74) is 2.98. The lowest BCUT2D eigenvalue weighted by Gasteiger charge is -2.01. The standard InChI is InChI=1S/C16H14N2O/c1-3-12-6-5-7-14(10-12)17-18-15-11-13(4-2)8-9-16(15)19/h1,5-11,19H,4H2,2H3. The summed E-state index contributed by atoms with van der Waals surface area (Å²) >= 11 is 0. The van der Waals surface area contributed by atoms with E-state index >= 15 is 0 Å². The van der Waals surface area contributed by atoms with Gasteiger partial charge in [0, 0.05) is 5.56 Å². The van der Waals surface area contributed by atoms with Gasteiger partial charge in [0.1, 0.15) is 11.4 Å². The lowest BCUT2D eigenvalue weighted by atomic mass is 10.1. The molecule has 0 spiro atoms. The van der Waals surface area contributed by atoms with E-state index in [1.807, 2.05) is 37.3 Å². The van der Waals surface area contributed by atoms with Gasteiger partial charge in [0.05, 0.1) is 5.69 Å². The molecule has 0 saturated heterocycles. The van der Waals surface area contributed by atoms with Crippen LogP contribution in [0.5, 0.6) is 5.75 Å². The minimum absolute atomic E-state index is 0.119. The molecule has 94 valence electrons. The largest absolute Gasteiger partial charge is 0.506 e. The summed E-state index contributed by atoms with van der Waals surface area (Å²) in [6.45, 7) is 2.05. The van der Waals surface area contributed by atoms with Crippen LogP contribution in [0.2, 0.25) is 0 Å². The van der Waals surface area contributed by atoms with E-state index in [2.05, 4.69) is 16.1 Å². The molecule has 0 bridgehead atoms. The van der Waals surface area contributed by atoms with Crippen LogP contribution in [0.3, 0.4) is 0 Å². The van der Waals surface area contributed by atoms with Gasteiger partial charge in [-0.1, -0.05) is 25.0 Å². The molecule has 2 rings (SSSR count). The molecular weight excluding hydrogens is 236 g/mol. The van der Waals surface area contributed by atoms with Crippen LogP contribution >= 0.6 is 0 Å². The summed E-state index contributed by atoms with van der Waals surface area (Å²) in [7, 11) is 0. The molecule has 0 fully saturated rings. The number of aryl methyl sites for hydroxylation is 1. The first-order chi connectivity index (χ1) is 9.22. The molecule has 2 aromatic carbocycles. The van der Waals surface area contributed by atoms with Crippen molar-refractivity contribution in [2.45, 2.75) is 13.3 Å². The normalized spacial score (nSPS) is 10.5. The first kappa shape index (κ1) is 12.8. The Labute approximate surface area is 112 Å². The molecular formula is C16H14N2O. The van der Waals surface area contributed by atoms with Crippen LogP contribution in [-0.2, 0) is 6.42 Å². The van der Waals surface area contributed by atoms with Gasteiger partial charge < -0.3 is 5.11 Å². The molecule has 0 unspecified atom stereocenters. The van der Waals surface area contributed by atoms with Gasteiger partial charge in [0.2, 0.25) is 0 Å². The van der Waals surface area contributed by atoms with Gasteiger partial charge >= 0.3 is 0 Å². The summed E-state index contributed by atoms with van der Waals surface area (Å²) in [5.74, 6) is 2.66. The van der Waals surface area contributed by atoms with Crippen LogP contribution in [0.4, 0.5) is 11.4 Å². The number of phenols is 1. The predicted molar refractivity (Wildman–Crippen MR) is 76.0 cm³/mol. The van der Waals surface area contributed by atoms with E-state index in [1.54, 1.807) is 12.1 Å². The molecule has 0 aliphatic carbocycles. The fraction of sp³-hybridized carbons (Fsp3) is 0.125. The van der Waals surface area contributed by atoms with Crippen LogP contribution in [-0.4, -0.2) is 5.11 Å². The number of aromatic hydroxyl groups is 1. The molecule has 2 aromatic rings. The highest BCUT2D eigenvalue weighted by Gasteiger charge is 2.01. The number of terminal acetylenes is 1. The molecule has 0 radical (unpaired) electrons. The first-order valence-corrected chi connectivity index (χ1v) is 6.03. The third-order valence-corrected chi connectivity index (χ3v) is 2.73. The van der Waals surface area contributed by atoms with E-state index in [0.717, 1.165) is 17.5 Å². The van der Waals surface area contributed by atoms with Gasteiger partial charge in [-0.25, -0.2) is 0 Å². The zero-order valence-corrected chi connectivity index (χ0v) is 10.7. The molecule has 19 heavy (non-hydrogen) atoms. The Kier molecular flexibility index (Phi) is 3.94. The van der Waals surface area contributed by atoms with Crippen molar-refractivity contribution >= 4 is 11.4 Å². The maximum Gasteiger partial charge on any atom is 0.143 e. The number of nitrogens with zero attached hydrogens (tertiary/aromatic N) is 2. The second kappa shape index (κ2) is 5.83. The molecule has 3 heteroatoms. The maximum absolute atomic E-state index is 9.72. The Morgan fingerprint density at radius 1 is 1.16 bits per heavy atom. The van der Waals surface area contributed by atoms with Crippen molar-refractivity contribution in [2.24, 2.45) is 10.2 Å². The topological polar surface area (TPSA) is 45.0 Å². The van der Waals surface area contributed by atoms with Gasteiger partial charge in [0.25, 0.3) is 0 Å². The van der Waals surface area contributed by atoms with E-state index in [4.69, 9.17) is 6.42 Å². The second-order valence-corrected chi connectivity index (χ2v) is 4.07. The zero-order valence-electron chi connectivity index (χ0n) is 10.7. The first-order valence-electron chi connectivity index (χ1n) is 6.03. The zero-order chi connectivity index (χ0) is 13.7. The van der Waals surface area contributed by atoms with Crippen molar-refractivity contribution in [1.29, 1.82) is 0 Å². The number of rotatable bonds is 3. The van der Waals surface area contributed by atoms with Gasteiger partial charge in [-0.3, -0.25) is 0 Å². The fourth-order valence-electron chi connectivity index (χ4n) is 1.64. The van der Waals surface area contributed by atoms with Gasteiger partial charge in [-0.05, 0) is 42.3 Å². The predicted octanol–water partition coefficient (Wildman–Crippen LogP) is 4.35. The summed E-state index contributed by atoms with van der Waals surface area (Å²) in [6, 6.07) is 12.6. The fourth-order valence-corrected chi connectivity index (χ4v) is 1.64. The Morgan fingerprint density at radius 3 is 2.74 bits per heavy atom. The molecule has 0 saturated carbocycles. The highest BCUT2D eigenvalue weighted by Crippen LogP contribution is 2.29. The van der Waals surface area contributed by atoms with E-state index in [-0.39, 0.29) is 5.75 Å². The van der Waals surface area contributed by atoms with Crippen molar-refractivity contribution in [2.75, 3.05) is 0 Å². The van der Waals surface area contributed by atoms with Crippen molar-refractivity contribution < 1.29 is 5.11 Å².